The van der Waals surface area contributed by atoms with Crippen molar-refractivity contribution >= 4 is 17.4 Å². The van der Waals surface area contributed by atoms with Gasteiger partial charge in [-0.1, -0.05) is 6.07 Å². The molecule has 1 aliphatic rings. The minimum Gasteiger partial charge on any atom is -0.507 e. The number of benzene rings is 2. The second kappa shape index (κ2) is 10.4. The molecule has 0 spiro atoms. The first kappa shape index (κ1) is 24.6. The minimum absolute atomic E-state index is 0.0525. The van der Waals surface area contributed by atoms with Gasteiger partial charge in [-0.05, 0) is 53.6 Å². The van der Waals surface area contributed by atoms with Gasteiger partial charge in [0.25, 0.3) is 11.7 Å². The summed E-state index contributed by atoms with van der Waals surface area (Å²) in [5.74, 6) is -0.193. The van der Waals surface area contributed by atoms with E-state index in [1.807, 2.05) is 6.07 Å². The molecule has 2 aromatic carbocycles. The van der Waals surface area contributed by atoms with E-state index in [0.29, 0.717) is 34.1 Å². The maximum Gasteiger partial charge on any atom is 0.295 e. The average Bonchev–Trinajstić information content (AvgIpc) is 3.17. The van der Waals surface area contributed by atoms with Gasteiger partial charge in [-0.2, -0.15) is 0 Å². The van der Waals surface area contributed by atoms with Crippen LogP contribution in [0.25, 0.3) is 5.76 Å². The first-order chi connectivity index (χ1) is 17.4. The summed E-state index contributed by atoms with van der Waals surface area (Å²) in [6.07, 6.45) is 3.24. The summed E-state index contributed by atoms with van der Waals surface area (Å²) in [5, 5.41) is 11.3. The number of amides is 1. The third-order valence-corrected chi connectivity index (χ3v) is 5.98. The normalized spacial score (nSPS) is 16.7. The molecule has 0 saturated carbocycles. The highest BCUT2D eigenvalue weighted by atomic mass is 16.5. The lowest BCUT2D eigenvalue weighted by Gasteiger charge is -2.26. The molecule has 1 aliphatic heterocycles. The van der Waals surface area contributed by atoms with Gasteiger partial charge in [0, 0.05) is 24.5 Å². The van der Waals surface area contributed by atoms with Crippen LogP contribution in [-0.2, 0) is 16.1 Å². The number of aromatic nitrogens is 1. The average molecular weight is 491 g/mol. The van der Waals surface area contributed by atoms with Crippen molar-refractivity contribution < 1.29 is 33.6 Å². The van der Waals surface area contributed by atoms with Gasteiger partial charge < -0.3 is 29.0 Å². The van der Waals surface area contributed by atoms with Crippen molar-refractivity contribution in [2.75, 3.05) is 28.4 Å². The number of pyridine rings is 1. The molecule has 1 atom stereocenters. The van der Waals surface area contributed by atoms with E-state index in [-0.39, 0.29) is 17.9 Å². The van der Waals surface area contributed by atoms with Crippen molar-refractivity contribution in [3.63, 3.8) is 0 Å². The van der Waals surface area contributed by atoms with Crippen LogP contribution in [0.1, 0.15) is 22.7 Å². The zero-order chi connectivity index (χ0) is 25.8. The molecule has 0 radical (unpaired) electrons. The number of carbonyl (C=O) groups excluding carboxylic acids is 2. The maximum absolute atomic E-state index is 13.3. The molecule has 0 unspecified atom stereocenters. The molecule has 1 aromatic heterocycles. The van der Waals surface area contributed by atoms with Crippen molar-refractivity contribution in [1.29, 1.82) is 0 Å². The van der Waals surface area contributed by atoms with Gasteiger partial charge in [-0.15, -0.1) is 0 Å². The fraction of sp³-hybridized carbons (Fsp3) is 0.222. The van der Waals surface area contributed by atoms with Crippen molar-refractivity contribution in [3.05, 3.63) is 83.2 Å². The van der Waals surface area contributed by atoms with E-state index in [0.717, 1.165) is 5.56 Å². The van der Waals surface area contributed by atoms with Crippen LogP contribution in [0, 0.1) is 0 Å². The quantitative estimate of drug-likeness (QED) is 0.289. The predicted octanol–water partition coefficient (Wildman–Crippen LogP) is 3.74. The molecule has 1 amide bonds. The lowest BCUT2D eigenvalue weighted by Crippen LogP contribution is -2.29. The fourth-order valence-electron chi connectivity index (χ4n) is 4.24. The number of hydrogen-bond donors (Lipinski definition) is 1. The molecule has 1 fully saturated rings. The fourth-order valence-corrected chi connectivity index (χ4v) is 4.24. The molecular formula is C27H26N2O7. The van der Waals surface area contributed by atoms with E-state index in [4.69, 9.17) is 18.9 Å². The van der Waals surface area contributed by atoms with Crippen molar-refractivity contribution in [2.24, 2.45) is 0 Å². The lowest BCUT2D eigenvalue weighted by atomic mass is 9.94. The Morgan fingerprint density at radius 1 is 0.944 bits per heavy atom. The third-order valence-electron chi connectivity index (χ3n) is 5.98. The molecule has 3 aromatic rings. The summed E-state index contributed by atoms with van der Waals surface area (Å²) in [4.78, 5) is 32.1. The Kier molecular flexibility index (Phi) is 7.10. The van der Waals surface area contributed by atoms with Gasteiger partial charge in [0.1, 0.15) is 11.5 Å². The predicted molar refractivity (Wildman–Crippen MR) is 131 cm³/mol. The number of likely N-dealkylation sites (tertiary alicyclic amines) is 1. The lowest BCUT2D eigenvalue weighted by molar-refractivity contribution is -0.140. The molecule has 9 nitrogen and oxygen atoms in total. The number of aliphatic hydroxyl groups is 1. The number of carbonyl (C=O) groups is 2. The summed E-state index contributed by atoms with van der Waals surface area (Å²) in [6.45, 7) is 0.0964. The van der Waals surface area contributed by atoms with Gasteiger partial charge in [0.15, 0.2) is 11.5 Å². The second-order valence-electron chi connectivity index (χ2n) is 7.98. The van der Waals surface area contributed by atoms with Crippen molar-refractivity contribution in [3.8, 4) is 23.0 Å². The highest BCUT2D eigenvalue weighted by Crippen LogP contribution is 2.46. The Hall–Kier alpha value is -4.53. The molecule has 1 N–H and O–H groups in total. The Balaban J connectivity index is 1.93. The highest BCUT2D eigenvalue weighted by molar-refractivity contribution is 6.46. The largest absolute Gasteiger partial charge is 0.507 e. The van der Waals surface area contributed by atoms with E-state index < -0.39 is 17.7 Å². The minimum atomic E-state index is -0.930. The summed E-state index contributed by atoms with van der Waals surface area (Å²) >= 11 is 0. The van der Waals surface area contributed by atoms with Crippen LogP contribution in [0.4, 0.5) is 0 Å². The number of rotatable bonds is 8. The van der Waals surface area contributed by atoms with Gasteiger partial charge in [0.05, 0.1) is 40.1 Å². The molecule has 0 aliphatic carbocycles. The van der Waals surface area contributed by atoms with E-state index >= 15 is 0 Å². The van der Waals surface area contributed by atoms with Crippen molar-refractivity contribution in [2.45, 2.75) is 12.6 Å². The number of methoxy groups -OCH3 is 4. The molecule has 2 heterocycles. The third kappa shape index (κ3) is 4.43. The maximum atomic E-state index is 13.3. The Labute approximate surface area is 208 Å². The molecule has 0 bridgehead atoms. The summed E-state index contributed by atoms with van der Waals surface area (Å²) in [6, 6.07) is 12.5. The number of Topliss-reactive ketones (excluding diaryl/α,β-unsaturated/α-hetero) is 1. The van der Waals surface area contributed by atoms with Gasteiger partial charge in [-0.3, -0.25) is 14.6 Å². The molecule has 1 saturated heterocycles. The zero-order valence-corrected chi connectivity index (χ0v) is 20.3. The number of ether oxygens (including phenoxy) is 4. The van der Waals surface area contributed by atoms with E-state index in [1.54, 1.807) is 54.9 Å². The second-order valence-corrected chi connectivity index (χ2v) is 7.98. The van der Waals surface area contributed by atoms with E-state index in [1.165, 1.54) is 33.3 Å². The SMILES string of the molecule is COc1ccc(C(O)=C2C(=O)C(=O)N(Cc3cccnc3)[C@H]2c2cc(OC)c(OC)c(OC)c2)cc1. The van der Waals surface area contributed by atoms with Gasteiger partial charge in [0.2, 0.25) is 5.75 Å². The Bertz CT molecular complexity index is 1280. The van der Waals surface area contributed by atoms with Gasteiger partial charge >= 0.3 is 0 Å². The highest BCUT2D eigenvalue weighted by Gasteiger charge is 2.46. The van der Waals surface area contributed by atoms with Crippen LogP contribution in [0.3, 0.4) is 0 Å². The Morgan fingerprint density at radius 2 is 1.61 bits per heavy atom. The number of hydrogen-bond acceptors (Lipinski definition) is 8. The number of nitrogens with zero attached hydrogens (tertiary/aromatic N) is 2. The summed E-state index contributed by atoms with van der Waals surface area (Å²) in [5.41, 5.74) is 1.54. The molecule has 186 valence electrons. The number of ketones is 1. The van der Waals surface area contributed by atoms with Gasteiger partial charge in [-0.25, -0.2) is 0 Å². The molecule has 36 heavy (non-hydrogen) atoms. The zero-order valence-electron chi connectivity index (χ0n) is 20.3. The van der Waals surface area contributed by atoms with E-state index in [9.17, 15) is 14.7 Å². The number of aliphatic hydroxyl groups excluding tert-OH is 1. The monoisotopic (exact) mass is 490 g/mol. The molecule has 4 rings (SSSR count). The van der Waals surface area contributed by atoms with Crippen LogP contribution >= 0.6 is 0 Å². The topological polar surface area (TPSA) is 107 Å². The summed E-state index contributed by atoms with van der Waals surface area (Å²) in [7, 11) is 5.97. The first-order valence-electron chi connectivity index (χ1n) is 11.0. The van der Waals surface area contributed by atoms with E-state index in [2.05, 4.69) is 4.98 Å². The van der Waals surface area contributed by atoms with Crippen LogP contribution in [0.2, 0.25) is 0 Å². The van der Waals surface area contributed by atoms with Crippen LogP contribution in [-0.4, -0.2) is 55.1 Å². The van der Waals surface area contributed by atoms with Crippen LogP contribution in [0.15, 0.2) is 66.5 Å². The van der Waals surface area contributed by atoms with Crippen LogP contribution < -0.4 is 18.9 Å². The van der Waals surface area contributed by atoms with Crippen LogP contribution in [0.5, 0.6) is 23.0 Å². The smallest absolute Gasteiger partial charge is 0.295 e. The molecular weight excluding hydrogens is 464 g/mol. The van der Waals surface area contributed by atoms with Crippen molar-refractivity contribution in [1.82, 2.24) is 9.88 Å². The Morgan fingerprint density at radius 3 is 2.14 bits per heavy atom. The standard InChI is InChI=1S/C27H26N2O7/c1-33-19-9-7-17(8-10-19)24(30)22-23(18-12-20(34-2)26(36-4)21(13-18)35-3)29(27(32)25(22)31)15-16-6-5-11-28-14-16/h5-14,23,30H,15H2,1-4H3/t23-/m0/s1. The first-order valence-corrected chi connectivity index (χ1v) is 11.0. The summed E-state index contributed by atoms with van der Waals surface area (Å²) < 4.78 is 21.6. The molecule has 9 heteroatoms.